The molecule has 1 fully saturated rings. The fourth-order valence-electron chi connectivity index (χ4n) is 2.47. The fraction of sp³-hybridized carbons (Fsp3) is 0.923. The molecule has 2 heteroatoms. The van der Waals surface area contributed by atoms with Gasteiger partial charge in [-0.25, -0.2) is 0 Å². The van der Waals surface area contributed by atoms with Gasteiger partial charge in [-0.1, -0.05) is 19.8 Å². The van der Waals surface area contributed by atoms with Gasteiger partial charge in [0.25, 0.3) is 0 Å². The van der Waals surface area contributed by atoms with Gasteiger partial charge < -0.3 is 0 Å². The van der Waals surface area contributed by atoms with E-state index in [2.05, 4.69) is 25.7 Å². The van der Waals surface area contributed by atoms with Crippen molar-refractivity contribution < 1.29 is 4.79 Å². The van der Waals surface area contributed by atoms with E-state index in [0.29, 0.717) is 11.8 Å². The summed E-state index contributed by atoms with van der Waals surface area (Å²) in [6.45, 7) is 7.73. The van der Waals surface area contributed by atoms with Crippen molar-refractivity contribution in [1.29, 1.82) is 0 Å². The third-order valence-electron chi connectivity index (χ3n) is 3.36. The van der Waals surface area contributed by atoms with E-state index in [1.807, 2.05) is 0 Å². The van der Waals surface area contributed by atoms with Crippen LogP contribution < -0.4 is 0 Å². The highest BCUT2D eigenvalue weighted by Gasteiger charge is 2.30. The summed E-state index contributed by atoms with van der Waals surface area (Å²) in [6, 6.07) is 0.746. The highest BCUT2D eigenvalue weighted by molar-refractivity contribution is 5.85. The number of unbranched alkanes of at least 4 members (excludes halogenated alkanes) is 2. The molecule has 1 unspecified atom stereocenters. The van der Waals surface area contributed by atoms with Crippen molar-refractivity contribution in [3.63, 3.8) is 0 Å². The minimum atomic E-state index is 0.238. The largest absolute Gasteiger partial charge is 0.298 e. The summed E-state index contributed by atoms with van der Waals surface area (Å²) in [5, 5.41) is 0. The first kappa shape index (κ1) is 12.7. The molecular weight excluding hydrogens is 186 g/mol. The molecule has 2 nitrogen and oxygen atoms in total. The lowest BCUT2D eigenvalue weighted by Gasteiger charge is -2.31. The van der Waals surface area contributed by atoms with E-state index >= 15 is 0 Å². The van der Waals surface area contributed by atoms with Gasteiger partial charge in [-0.05, 0) is 39.7 Å². The second-order valence-electron chi connectivity index (χ2n) is 4.91. The third kappa shape index (κ3) is 3.60. The van der Waals surface area contributed by atoms with E-state index in [9.17, 15) is 4.79 Å². The molecule has 0 aromatic heterocycles. The number of Topliss-reactive ketones (excluding diaryl/α,β-unsaturated/α-hetero) is 1. The Bertz CT molecular complexity index is 201. The molecule has 0 spiro atoms. The van der Waals surface area contributed by atoms with Crippen LogP contribution in [0.25, 0.3) is 0 Å². The van der Waals surface area contributed by atoms with Gasteiger partial charge in [0.05, 0.1) is 6.04 Å². The molecule has 0 aromatic carbocycles. The van der Waals surface area contributed by atoms with Gasteiger partial charge >= 0.3 is 0 Å². The van der Waals surface area contributed by atoms with Crippen LogP contribution in [0.1, 0.15) is 59.3 Å². The molecule has 88 valence electrons. The van der Waals surface area contributed by atoms with Crippen LogP contribution in [0.15, 0.2) is 0 Å². The molecule has 1 atom stereocenters. The van der Waals surface area contributed by atoms with Crippen LogP contribution in [0.5, 0.6) is 0 Å². The van der Waals surface area contributed by atoms with Crippen molar-refractivity contribution >= 4 is 5.78 Å². The lowest BCUT2D eigenvalue weighted by atomic mass is 10.1. The molecule has 0 bridgehead atoms. The molecule has 0 heterocycles. The standard InChI is InChI=1S/C13H25NO/c1-4-5-6-10-14(11(2)3)12-8-7-9-13(12)15/h11-12H,4-10H2,1-3H3. The molecule has 0 amide bonds. The minimum Gasteiger partial charge on any atom is -0.298 e. The molecule has 15 heavy (non-hydrogen) atoms. The zero-order valence-electron chi connectivity index (χ0n) is 10.5. The van der Waals surface area contributed by atoms with Crippen LogP contribution in [0.4, 0.5) is 0 Å². The predicted molar refractivity (Wildman–Crippen MR) is 64.0 cm³/mol. The lowest BCUT2D eigenvalue weighted by molar-refractivity contribution is -0.122. The molecule has 1 saturated carbocycles. The Balaban J connectivity index is 2.45. The first-order chi connectivity index (χ1) is 7.16. The summed E-state index contributed by atoms with van der Waals surface area (Å²) < 4.78 is 0. The van der Waals surface area contributed by atoms with E-state index in [1.54, 1.807) is 0 Å². The predicted octanol–water partition coefficient (Wildman–Crippen LogP) is 3.01. The van der Waals surface area contributed by atoms with Gasteiger partial charge in [-0.15, -0.1) is 0 Å². The second kappa shape index (κ2) is 6.26. The van der Waals surface area contributed by atoms with E-state index in [1.165, 1.54) is 19.3 Å². The Morgan fingerprint density at radius 2 is 2.13 bits per heavy atom. The SMILES string of the molecule is CCCCCN(C(C)C)C1CCCC1=O. The number of rotatable bonds is 6. The molecular formula is C13H25NO. The molecule has 1 aliphatic rings. The summed E-state index contributed by atoms with van der Waals surface area (Å²) in [7, 11) is 0. The van der Waals surface area contributed by atoms with Gasteiger partial charge in [0.2, 0.25) is 0 Å². The number of carbonyl (C=O) groups excluding carboxylic acids is 1. The van der Waals surface area contributed by atoms with E-state index in [0.717, 1.165) is 25.8 Å². The molecule has 0 aromatic rings. The Hall–Kier alpha value is -0.370. The van der Waals surface area contributed by atoms with Crippen molar-refractivity contribution in [3.05, 3.63) is 0 Å². The number of nitrogens with zero attached hydrogens (tertiary/aromatic N) is 1. The number of hydrogen-bond acceptors (Lipinski definition) is 2. The van der Waals surface area contributed by atoms with Gasteiger partial charge in [-0.3, -0.25) is 9.69 Å². The van der Waals surface area contributed by atoms with Crippen LogP contribution in [-0.2, 0) is 4.79 Å². The topological polar surface area (TPSA) is 20.3 Å². The fourth-order valence-corrected chi connectivity index (χ4v) is 2.47. The monoisotopic (exact) mass is 211 g/mol. The maximum Gasteiger partial charge on any atom is 0.149 e. The summed E-state index contributed by atoms with van der Waals surface area (Å²) in [6.07, 6.45) is 6.76. The zero-order chi connectivity index (χ0) is 11.3. The highest BCUT2D eigenvalue weighted by atomic mass is 16.1. The maximum absolute atomic E-state index is 11.7. The molecule has 0 aliphatic heterocycles. The summed E-state index contributed by atoms with van der Waals surface area (Å²) in [5.74, 6) is 0.472. The van der Waals surface area contributed by atoms with Crippen LogP contribution in [0.3, 0.4) is 0 Å². The van der Waals surface area contributed by atoms with Gasteiger partial charge in [0.1, 0.15) is 5.78 Å². The molecule has 1 aliphatic carbocycles. The number of carbonyl (C=O) groups is 1. The van der Waals surface area contributed by atoms with E-state index in [-0.39, 0.29) is 6.04 Å². The number of hydrogen-bond donors (Lipinski definition) is 0. The summed E-state index contributed by atoms with van der Waals surface area (Å²) >= 11 is 0. The van der Waals surface area contributed by atoms with Crippen LogP contribution in [-0.4, -0.2) is 29.3 Å². The average molecular weight is 211 g/mol. The van der Waals surface area contributed by atoms with Gasteiger partial charge in [0, 0.05) is 12.5 Å². The third-order valence-corrected chi connectivity index (χ3v) is 3.36. The minimum absolute atomic E-state index is 0.238. The summed E-state index contributed by atoms with van der Waals surface area (Å²) in [5.41, 5.74) is 0. The molecule has 0 saturated heterocycles. The molecule has 0 radical (unpaired) electrons. The normalized spacial score (nSPS) is 21.9. The van der Waals surface area contributed by atoms with Crippen molar-refractivity contribution in [1.82, 2.24) is 4.90 Å². The van der Waals surface area contributed by atoms with E-state index in [4.69, 9.17) is 0 Å². The maximum atomic E-state index is 11.7. The molecule has 1 rings (SSSR count). The van der Waals surface area contributed by atoms with Crippen LogP contribution in [0, 0.1) is 0 Å². The van der Waals surface area contributed by atoms with Crippen LogP contribution in [0.2, 0.25) is 0 Å². The van der Waals surface area contributed by atoms with Crippen LogP contribution >= 0.6 is 0 Å². The highest BCUT2D eigenvalue weighted by Crippen LogP contribution is 2.22. The quantitative estimate of drug-likeness (QED) is 0.629. The van der Waals surface area contributed by atoms with Gasteiger partial charge in [0.15, 0.2) is 0 Å². The summed E-state index contributed by atoms with van der Waals surface area (Å²) in [4.78, 5) is 14.1. The Kier molecular flexibility index (Phi) is 5.30. The zero-order valence-corrected chi connectivity index (χ0v) is 10.5. The smallest absolute Gasteiger partial charge is 0.149 e. The first-order valence-electron chi connectivity index (χ1n) is 6.45. The number of ketones is 1. The van der Waals surface area contributed by atoms with Crippen molar-refractivity contribution in [2.75, 3.05) is 6.54 Å². The Morgan fingerprint density at radius 1 is 1.40 bits per heavy atom. The van der Waals surface area contributed by atoms with E-state index < -0.39 is 0 Å². The first-order valence-corrected chi connectivity index (χ1v) is 6.45. The Labute approximate surface area is 94.0 Å². The van der Waals surface area contributed by atoms with Gasteiger partial charge in [-0.2, -0.15) is 0 Å². The molecule has 0 N–H and O–H groups in total. The lowest BCUT2D eigenvalue weighted by Crippen LogP contribution is -2.43. The Morgan fingerprint density at radius 3 is 2.60 bits per heavy atom. The van der Waals surface area contributed by atoms with Crippen molar-refractivity contribution in [2.24, 2.45) is 0 Å². The van der Waals surface area contributed by atoms with Crippen molar-refractivity contribution in [2.45, 2.75) is 71.4 Å². The second-order valence-corrected chi connectivity index (χ2v) is 4.91. The average Bonchev–Trinajstić information content (AvgIpc) is 2.59. The van der Waals surface area contributed by atoms with Crippen molar-refractivity contribution in [3.8, 4) is 0 Å².